The maximum absolute atomic E-state index is 12.3. The van der Waals surface area contributed by atoms with Gasteiger partial charge < -0.3 is 5.32 Å². The summed E-state index contributed by atoms with van der Waals surface area (Å²) in [6, 6.07) is 12.6. The molecule has 128 valence electrons. The Morgan fingerprint density at radius 3 is 2.52 bits per heavy atom. The third kappa shape index (κ3) is 3.80. The Bertz CT molecular complexity index is 973. The molecule has 1 amide bonds. The number of hydrogen-bond donors (Lipinski definition) is 1. The Hall–Kier alpha value is -2.86. The Morgan fingerprint density at radius 1 is 1.12 bits per heavy atom. The fraction of sp³-hybridized carbons (Fsp3) is 0.167. The van der Waals surface area contributed by atoms with Gasteiger partial charge in [0.05, 0.1) is 0 Å². The van der Waals surface area contributed by atoms with Crippen molar-refractivity contribution < 1.29 is 4.79 Å². The van der Waals surface area contributed by atoms with Crippen molar-refractivity contribution in [3.05, 3.63) is 80.9 Å². The predicted molar refractivity (Wildman–Crippen MR) is 97.1 cm³/mol. The van der Waals surface area contributed by atoms with E-state index in [4.69, 9.17) is 11.6 Å². The monoisotopic (exact) mass is 356 g/mol. The predicted octanol–water partition coefficient (Wildman–Crippen LogP) is 2.62. The zero-order valence-electron chi connectivity index (χ0n) is 13.9. The molecule has 0 saturated carbocycles. The molecule has 3 rings (SSSR count). The molecule has 25 heavy (non-hydrogen) atoms. The van der Waals surface area contributed by atoms with Crippen LogP contribution in [0.1, 0.15) is 21.6 Å². The van der Waals surface area contributed by atoms with Gasteiger partial charge >= 0.3 is 0 Å². The number of carbonyl (C=O) groups excluding carboxylic acids is 1. The molecule has 0 radical (unpaired) electrons. The molecule has 0 aliphatic carbocycles. The summed E-state index contributed by atoms with van der Waals surface area (Å²) < 4.78 is 2.85. The third-order valence-corrected chi connectivity index (χ3v) is 4.21. The van der Waals surface area contributed by atoms with Crippen LogP contribution >= 0.6 is 11.6 Å². The van der Waals surface area contributed by atoms with Gasteiger partial charge in [-0.25, -0.2) is 4.98 Å². The first-order valence-corrected chi connectivity index (χ1v) is 8.05. The summed E-state index contributed by atoms with van der Waals surface area (Å²) in [5.41, 5.74) is 2.13. The molecule has 6 nitrogen and oxygen atoms in total. The standard InChI is InChI=1S/C18H17ClN4O2/c1-22-15(10-17(24)23(22)2)18(25)21-16-7-6-13(11-20-16)8-12-4-3-5-14(19)9-12/h3-7,9-11H,8H2,1-2H3,(H,20,21,25). The fourth-order valence-corrected chi connectivity index (χ4v) is 2.70. The van der Waals surface area contributed by atoms with Crippen LogP contribution in [-0.2, 0) is 20.5 Å². The van der Waals surface area contributed by atoms with E-state index in [0.29, 0.717) is 17.3 Å². The number of pyridine rings is 1. The number of rotatable bonds is 4. The van der Waals surface area contributed by atoms with Crippen molar-refractivity contribution in [1.82, 2.24) is 14.3 Å². The van der Waals surface area contributed by atoms with Crippen molar-refractivity contribution in [2.45, 2.75) is 6.42 Å². The van der Waals surface area contributed by atoms with Crippen LogP contribution in [-0.4, -0.2) is 20.3 Å². The molecule has 0 saturated heterocycles. The Kier molecular flexibility index (Phi) is 4.72. The van der Waals surface area contributed by atoms with Crippen molar-refractivity contribution in [2.75, 3.05) is 5.32 Å². The number of nitrogens with one attached hydrogen (secondary N) is 1. The van der Waals surface area contributed by atoms with Crippen molar-refractivity contribution in [3.63, 3.8) is 0 Å². The molecule has 2 heterocycles. The van der Waals surface area contributed by atoms with E-state index in [1.165, 1.54) is 15.4 Å². The number of nitrogens with zero attached hydrogens (tertiary/aromatic N) is 3. The Morgan fingerprint density at radius 2 is 1.92 bits per heavy atom. The van der Waals surface area contributed by atoms with E-state index in [1.54, 1.807) is 26.4 Å². The highest BCUT2D eigenvalue weighted by Crippen LogP contribution is 2.15. The number of anilines is 1. The van der Waals surface area contributed by atoms with E-state index in [0.717, 1.165) is 11.1 Å². The summed E-state index contributed by atoms with van der Waals surface area (Å²) in [4.78, 5) is 28.1. The van der Waals surface area contributed by atoms with Crippen molar-refractivity contribution >= 4 is 23.3 Å². The normalized spacial score (nSPS) is 10.7. The highest BCUT2D eigenvalue weighted by molar-refractivity contribution is 6.30. The van der Waals surface area contributed by atoms with Crippen molar-refractivity contribution in [2.24, 2.45) is 14.1 Å². The maximum Gasteiger partial charge on any atom is 0.275 e. The molecule has 1 aromatic carbocycles. The first kappa shape index (κ1) is 17.0. The highest BCUT2D eigenvalue weighted by atomic mass is 35.5. The average molecular weight is 357 g/mol. The molecule has 0 unspecified atom stereocenters. The molecule has 0 bridgehead atoms. The number of hydrogen-bond acceptors (Lipinski definition) is 3. The number of carbonyl (C=O) groups is 1. The van der Waals surface area contributed by atoms with Gasteiger partial charge in [0, 0.05) is 31.4 Å². The Balaban J connectivity index is 1.71. The lowest BCUT2D eigenvalue weighted by Crippen LogP contribution is -2.20. The summed E-state index contributed by atoms with van der Waals surface area (Å²) >= 11 is 5.99. The van der Waals surface area contributed by atoms with Crippen LogP contribution in [0.25, 0.3) is 0 Å². The minimum atomic E-state index is -0.379. The molecule has 2 aromatic heterocycles. The van der Waals surface area contributed by atoms with Gasteiger partial charge in [-0.1, -0.05) is 29.8 Å². The number of amides is 1. The summed E-state index contributed by atoms with van der Waals surface area (Å²) in [6.07, 6.45) is 2.41. The number of halogens is 1. The smallest absolute Gasteiger partial charge is 0.275 e. The van der Waals surface area contributed by atoms with Gasteiger partial charge in [-0.05, 0) is 35.7 Å². The third-order valence-electron chi connectivity index (χ3n) is 3.97. The van der Waals surface area contributed by atoms with Gasteiger partial charge in [0.15, 0.2) is 0 Å². The van der Waals surface area contributed by atoms with E-state index in [9.17, 15) is 9.59 Å². The van der Waals surface area contributed by atoms with Gasteiger partial charge in [0.25, 0.3) is 11.5 Å². The van der Waals surface area contributed by atoms with Gasteiger partial charge in [0.1, 0.15) is 11.5 Å². The first-order valence-electron chi connectivity index (χ1n) is 7.68. The summed E-state index contributed by atoms with van der Waals surface area (Å²) in [7, 11) is 3.25. The molecule has 0 atom stereocenters. The minimum absolute atomic E-state index is 0.238. The van der Waals surface area contributed by atoms with Gasteiger partial charge in [-0.3, -0.25) is 19.0 Å². The van der Waals surface area contributed by atoms with Gasteiger partial charge in [0.2, 0.25) is 0 Å². The van der Waals surface area contributed by atoms with E-state index < -0.39 is 0 Å². The van der Waals surface area contributed by atoms with Crippen LogP contribution < -0.4 is 10.9 Å². The molecule has 0 aliphatic rings. The molecule has 7 heteroatoms. The van der Waals surface area contributed by atoms with Crippen LogP contribution in [0.4, 0.5) is 5.82 Å². The second-order valence-electron chi connectivity index (χ2n) is 5.73. The zero-order valence-corrected chi connectivity index (χ0v) is 14.6. The highest BCUT2D eigenvalue weighted by Gasteiger charge is 2.14. The lowest BCUT2D eigenvalue weighted by atomic mass is 10.1. The van der Waals surface area contributed by atoms with Gasteiger partial charge in [-0.2, -0.15) is 0 Å². The maximum atomic E-state index is 12.3. The lowest BCUT2D eigenvalue weighted by Gasteiger charge is -2.08. The molecule has 1 N–H and O–H groups in total. The van der Waals surface area contributed by atoms with E-state index in [-0.39, 0.29) is 17.2 Å². The first-order chi connectivity index (χ1) is 11.9. The second-order valence-corrected chi connectivity index (χ2v) is 6.16. The minimum Gasteiger partial charge on any atom is -0.305 e. The van der Waals surface area contributed by atoms with Crippen molar-refractivity contribution in [1.29, 1.82) is 0 Å². The number of aromatic nitrogens is 3. The molecular weight excluding hydrogens is 340 g/mol. The van der Waals surface area contributed by atoms with E-state index in [2.05, 4.69) is 10.3 Å². The molecule has 3 aromatic rings. The van der Waals surface area contributed by atoms with Crippen molar-refractivity contribution in [3.8, 4) is 0 Å². The largest absolute Gasteiger partial charge is 0.305 e. The topological polar surface area (TPSA) is 68.9 Å². The molecule has 0 aliphatic heterocycles. The second kappa shape index (κ2) is 6.94. The van der Waals surface area contributed by atoms with Crippen LogP contribution in [0.3, 0.4) is 0 Å². The lowest BCUT2D eigenvalue weighted by molar-refractivity contribution is 0.101. The summed E-state index contributed by atoms with van der Waals surface area (Å²) in [6.45, 7) is 0. The summed E-state index contributed by atoms with van der Waals surface area (Å²) in [5.74, 6) is 0.0476. The Labute approximate surface area is 149 Å². The number of benzene rings is 1. The van der Waals surface area contributed by atoms with E-state index in [1.807, 2.05) is 30.3 Å². The molecule has 0 spiro atoms. The summed E-state index contributed by atoms with van der Waals surface area (Å²) in [5, 5.41) is 3.39. The molecular formula is C18H17ClN4O2. The van der Waals surface area contributed by atoms with Crippen LogP contribution in [0, 0.1) is 0 Å². The zero-order chi connectivity index (χ0) is 18.0. The van der Waals surface area contributed by atoms with E-state index >= 15 is 0 Å². The SMILES string of the molecule is Cn1c(C(=O)Nc2ccc(Cc3cccc(Cl)c3)cn2)cc(=O)n1C. The van der Waals surface area contributed by atoms with Gasteiger partial charge in [-0.15, -0.1) is 0 Å². The average Bonchev–Trinajstić information content (AvgIpc) is 2.84. The van der Waals surface area contributed by atoms with Crippen LogP contribution in [0.5, 0.6) is 0 Å². The molecule has 0 fully saturated rings. The quantitative estimate of drug-likeness (QED) is 0.781. The fourth-order valence-electron chi connectivity index (χ4n) is 2.49. The van der Waals surface area contributed by atoms with Crippen LogP contribution in [0.15, 0.2) is 53.5 Å². The van der Waals surface area contributed by atoms with Crippen LogP contribution in [0.2, 0.25) is 5.02 Å².